The van der Waals surface area contributed by atoms with Gasteiger partial charge in [-0.2, -0.15) is 0 Å². The third-order valence-electron chi connectivity index (χ3n) is 9.27. The molecule has 1 aliphatic heterocycles. The lowest BCUT2D eigenvalue weighted by Crippen LogP contribution is -2.40. The topological polar surface area (TPSA) is 130 Å². The van der Waals surface area contributed by atoms with Crippen LogP contribution in [-0.2, 0) is 19.3 Å². The summed E-state index contributed by atoms with van der Waals surface area (Å²) >= 11 is 0. The van der Waals surface area contributed by atoms with Crippen LogP contribution < -0.4 is 10.6 Å². The van der Waals surface area contributed by atoms with E-state index in [1.54, 1.807) is 39.0 Å². The van der Waals surface area contributed by atoms with E-state index in [-0.39, 0.29) is 11.6 Å². The Morgan fingerprint density at radius 3 is 2.35 bits per heavy atom. The molecule has 1 saturated heterocycles. The maximum absolute atomic E-state index is 12.8. The van der Waals surface area contributed by atoms with Crippen LogP contribution >= 0.6 is 0 Å². The van der Waals surface area contributed by atoms with E-state index in [0.29, 0.717) is 35.8 Å². The SMILES string of the molecule is CC1C(C2CCCCC2)CCN1C.CCC(C=O)CCCC(CF)NC(=O)OC(C)(C)C.O=CNc1ccc2[nH]c(C(=O)OF)cc2c1. The van der Waals surface area contributed by atoms with Gasteiger partial charge in [-0.05, 0) is 103 Å². The van der Waals surface area contributed by atoms with Crippen LogP contribution in [0.25, 0.3) is 10.9 Å². The lowest BCUT2D eigenvalue weighted by Gasteiger charge is -2.31. The Kier molecular flexibility index (Phi) is 17.6. The Hall–Kier alpha value is -3.54. The molecule has 2 aromatic rings. The van der Waals surface area contributed by atoms with Crippen molar-refractivity contribution in [1.29, 1.82) is 0 Å². The zero-order valence-corrected chi connectivity index (χ0v) is 29.5. The molecule has 2 heterocycles. The van der Waals surface area contributed by atoms with Crippen LogP contribution in [0.1, 0.15) is 109 Å². The summed E-state index contributed by atoms with van der Waals surface area (Å²) in [6.45, 7) is 10.4. The second kappa shape index (κ2) is 20.7. The molecule has 2 aliphatic rings. The fourth-order valence-corrected chi connectivity index (χ4v) is 6.42. The van der Waals surface area contributed by atoms with Gasteiger partial charge in [0, 0.05) is 33.1 Å². The number of benzene rings is 1. The molecule has 4 atom stereocenters. The molecule has 0 bridgehead atoms. The van der Waals surface area contributed by atoms with Gasteiger partial charge in [-0.15, -0.1) is 0 Å². The van der Waals surface area contributed by atoms with Gasteiger partial charge in [0.15, 0.2) is 0 Å². The molecule has 0 spiro atoms. The van der Waals surface area contributed by atoms with Crippen molar-refractivity contribution in [3.8, 4) is 0 Å². The summed E-state index contributed by atoms with van der Waals surface area (Å²) in [7, 11) is 2.29. The summed E-state index contributed by atoms with van der Waals surface area (Å²) in [5.74, 6) is 1.03. The lowest BCUT2D eigenvalue weighted by molar-refractivity contribution is -0.111. The number of halogens is 2. The molecule has 3 N–H and O–H groups in total. The number of alkyl carbamates (subject to hydrolysis) is 1. The van der Waals surface area contributed by atoms with Crippen LogP contribution in [0.15, 0.2) is 24.3 Å². The fourth-order valence-electron chi connectivity index (χ4n) is 6.42. The summed E-state index contributed by atoms with van der Waals surface area (Å²) < 4.78 is 29.5. The normalized spacial score (nSPS) is 19.5. The number of likely N-dealkylation sites (tertiary alicyclic amines) is 1. The van der Waals surface area contributed by atoms with E-state index >= 15 is 0 Å². The zero-order valence-electron chi connectivity index (χ0n) is 29.5. The molecule has 2 amide bonds. The number of hydrogen-bond acceptors (Lipinski definition) is 7. The summed E-state index contributed by atoms with van der Waals surface area (Å²) in [6.07, 6.45) is 12.6. The number of rotatable bonds is 12. The zero-order chi connectivity index (χ0) is 35.7. The highest BCUT2D eigenvalue weighted by atomic mass is 19.3. The fraction of sp³-hybridized carbons (Fsp3) is 0.667. The number of aromatic nitrogens is 1. The van der Waals surface area contributed by atoms with Crippen LogP contribution in [0, 0.1) is 17.8 Å². The Labute approximate surface area is 284 Å². The molecular formula is C36H56F2N4O6. The Balaban J connectivity index is 0.000000253. The second-order valence-corrected chi connectivity index (χ2v) is 13.9. The summed E-state index contributed by atoms with van der Waals surface area (Å²) in [5.41, 5.74) is 0.662. The first-order valence-corrected chi connectivity index (χ1v) is 17.2. The molecule has 1 aliphatic carbocycles. The minimum absolute atomic E-state index is 0.0146. The van der Waals surface area contributed by atoms with Gasteiger partial charge in [-0.1, -0.05) is 45.4 Å². The summed E-state index contributed by atoms with van der Waals surface area (Å²) in [4.78, 5) is 51.6. The van der Waals surface area contributed by atoms with Crippen LogP contribution in [0.2, 0.25) is 0 Å². The molecule has 48 heavy (non-hydrogen) atoms. The summed E-state index contributed by atoms with van der Waals surface area (Å²) in [6, 6.07) is 6.71. The minimum Gasteiger partial charge on any atom is -0.444 e. The van der Waals surface area contributed by atoms with Crippen molar-refractivity contribution in [2.24, 2.45) is 17.8 Å². The number of ether oxygens (including phenoxy) is 1. The van der Waals surface area contributed by atoms with Crippen molar-refractivity contribution in [2.45, 2.75) is 117 Å². The minimum atomic E-state index is -1.08. The molecule has 2 fully saturated rings. The quantitative estimate of drug-likeness (QED) is 0.194. The first-order chi connectivity index (χ1) is 22.8. The molecule has 4 unspecified atom stereocenters. The average molecular weight is 679 g/mol. The number of nitrogens with zero attached hydrogens (tertiary/aromatic N) is 1. The number of alkyl halides is 1. The molecule has 1 saturated carbocycles. The molecule has 10 nitrogen and oxygen atoms in total. The number of aromatic amines is 1. The number of fused-ring (bicyclic) bond motifs is 1. The van der Waals surface area contributed by atoms with E-state index in [0.717, 1.165) is 37.0 Å². The van der Waals surface area contributed by atoms with Crippen LogP contribution in [-0.4, -0.2) is 72.6 Å². The maximum Gasteiger partial charge on any atom is 0.407 e. The van der Waals surface area contributed by atoms with Crippen LogP contribution in [0.3, 0.4) is 0 Å². The maximum atomic E-state index is 12.8. The van der Waals surface area contributed by atoms with Crippen molar-refractivity contribution in [1.82, 2.24) is 15.2 Å². The van der Waals surface area contributed by atoms with Crippen molar-refractivity contribution in [3.63, 3.8) is 0 Å². The van der Waals surface area contributed by atoms with Gasteiger partial charge in [0.1, 0.15) is 24.3 Å². The predicted molar refractivity (Wildman–Crippen MR) is 184 cm³/mol. The monoisotopic (exact) mass is 678 g/mol. The van der Waals surface area contributed by atoms with Gasteiger partial charge in [-0.25, -0.2) is 18.9 Å². The third kappa shape index (κ3) is 13.9. The summed E-state index contributed by atoms with van der Waals surface area (Å²) in [5, 5.41) is 5.65. The molecule has 4 rings (SSSR count). The number of anilines is 1. The molecular weight excluding hydrogens is 622 g/mol. The standard InChI is InChI=1S/C14H26FNO3.C12H23N.C10H7FN2O3/c1-5-11(10-17)7-6-8-12(9-15)16-13(18)19-14(2,3)4;1-10-12(8-9-13(10)2)11-6-4-3-5-7-11;11-16-10(15)9-4-6-3-7(12-5-14)1-2-8(6)13-9/h10-12H,5-9H2,1-4H3,(H,16,18);10-12H,3-9H2,1-2H3;1-5,13H,(H,12,14). The number of carbonyl (C=O) groups excluding carboxylic acids is 4. The smallest absolute Gasteiger partial charge is 0.407 e. The van der Waals surface area contributed by atoms with E-state index in [4.69, 9.17) is 4.74 Å². The molecule has 1 aromatic carbocycles. The van der Waals surface area contributed by atoms with Crippen LogP contribution in [0.5, 0.6) is 0 Å². The van der Waals surface area contributed by atoms with E-state index in [9.17, 15) is 28.1 Å². The third-order valence-corrected chi connectivity index (χ3v) is 9.27. The first-order valence-electron chi connectivity index (χ1n) is 17.2. The highest BCUT2D eigenvalue weighted by Gasteiger charge is 2.34. The molecule has 1 aromatic heterocycles. The highest BCUT2D eigenvalue weighted by Crippen LogP contribution is 2.37. The van der Waals surface area contributed by atoms with Crippen molar-refractivity contribution in [3.05, 3.63) is 30.0 Å². The van der Waals surface area contributed by atoms with E-state index in [2.05, 4.69) is 39.4 Å². The molecule has 270 valence electrons. The van der Waals surface area contributed by atoms with Gasteiger partial charge in [0.25, 0.3) is 0 Å². The lowest BCUT2D eigenvalue weighted by atomic mass is 9.77. The molecule has 12 heteroatoms. The Bertz CT molecular complexity index is 1280. The number of amides is 2. The van der Waals surface area contributed by atoms with Crippen molar-refractivity contribution >= 4 is 41.3 Å². The number of H-pyrrole nitrogens is 1. The van der Waals surface area contributed by atoms with Gasteiger partial charge >= 0.3 is 12.1 Å². The number of hydrogen-bond donors (Lipinski definition) is 3. The van der Waals surface area contributed by atoms with Crippen molar-refractivity contribution in [2.75, 3.05) is 25.6 Å². The first kappa shape index (κ1) is 40.6. The number of aldehydes is 1. The number of carbonyl (C=O) groups is 4. The predicted octanol–water partition coefficient (Wildman–Crippen LogP) is 7.93. The second-order valence-electron chi connectivity index (χ2n) is 13.9. The van der Waals surface area contributed by atoms with E-state index in [1.807, 2.05) is 6.92 Å². The van der Waals surface area contributed by atoms with Crippen molar-refractivity contribution < 1.29 is 37.8 Å². The average Bonchev–Trinajstić information content (AvgIpc) is 3.64. The highest BCUT2D eigenvalue weighted by molar-refractivity contribution is 5.96. The Morgan fingerprint density at radius 1 is 1.10 bits per heavy atom. The van der Waals surface area contributed by atoms with Crippen LogP contribution in [0.4, 0.5) is 19.4 Å². The largest absolute Gasteiger partial charge is 0.444 e. The van der Waals surface area contributed by atoms with Gasteiger partial charge in [-0.3, -0.25) is 4.79 Å². The van der Waals surface area contributed by atoms with Gasteiger partial charge < -0.3 is 30.0 Å². The molecule has 0 radical (unpaired) electrons. The van der Waals surface area contributed by atoms with Gasteiger partial charge in [0.2, 0.25) is 6.41 Å². The van der Waals surface area contributed by atoms with Gasteiger partial charge in [0.05, 0.1) is 6.04 Å². The Morgan fingerprint density at radius 2 is 1.81 bits per heavy atom. The van der Waals surface area contributed by atoms with E-state index in [1.165, 1.54) is 51.1 Å². The van der Waals surface area contributed by atoms with E-state index < -0.39 is 30.4 Å². The number of nitrogens with one attached hydrogen (secondary N) is 3.